The van der Waals surface area contributed by atoms with Gasteiger partial charge in [-0.25, -0.2) is 4.98 Å². The highest BCUT2D eigenvalue weighted by atomic mass is 32.1. The maximum Gasteiger partial charge on any atom is 0.255 e. The first-order chi connectivity index (χ1) is 17.3. The third-order valence-corrected chi connectivity index (χ3v) is 8.16. The van der Waals surface area contributed by atoms with Crippen LogP contribution in [0.25, 0.3) is 10.4 Å². The Balaban J connectivity index is 1.37. The van der Waals surface area contributed by atoms with E-state index in [2.05, 4.69) is 47.7 Å². The van der Waals surface area contributed by atoms with Gasteiger partial charge >= 0.3 is 0 Å². The molecule has 7 heteroatoms. The second-order valence-electron chi connectivity index (χ2n) is 9.89. The number of benzene rings is 1. The molecule has 2 aliphatic rings. The van der Waals surface area contributed by atoms with Crippen LogP contribution in [0.15, 0.2) is 66.2 Å². The minimum atomic E-state index is -0.492. The van der Waals surface area contributed by atoms with Crippen molar-refractivity contribution >= 4 is 23.2 Å². The number of nitrogens with one attached hydrogen (secondary N) is 1. The number of thiazole rings is 1. The van der Waals surface area contributed by atoms with Crippen LogP contribution in [0.1, 0.15) is 37.9 Å². The topological polar surface area (TPSA) is 65.5 Å². The van der Waals surface area contributed by atoms with Crippen LogP contribution in [0, 0.1) is 12.8 Å². The molecule has 2 unspecified atom stereocenters. The van der Waals surface area contributed by atoms with Crippen LogP contribution in [-0.2, 0) is 16.1 Å². The molecule has 1 aromatic heterocycles. The highest BCUT2D eigenvalue weighted by Gasteiger charge is 2.42. The molecule has 1 fully saturated rings. The van der Waals surface area contributed by atoms with Gasteiger partial charge in [-0.3, -0.25) is 9.59 Å². The van der Waals surface area contributed by atoms with Gasteiger partial charge in [0.25, 0.3) is 5.91 Å². The maximum absolute atomic E-state index is 13.8. The van der Waals surface area contributed by atoms with Crippen LogP contribution >= 0.6 is 11.3 Å². The van der Waals surface area contributed by atoms with Crippen molar-refractivity contribution in [2.75, 3.05) is 19.6 Å². The van der Waals surface area contributed by atoms with Crippen molar-refractivity contribution in [3.05, 3.63) is 77.5 Å². The first-order valence-corrected chi connectivity index (χ1v) is 13.5. The van der Waals surface area contributed by atoms with Gasteiger partial charge in [-0.05, 0) is 42.4 Å². The molecule has 0 bridgehead atoms. The summed E-state index contributed by atoms with van der Waals surface area (Å²) in [6.45, 7) is 16.3. The lowest BCUT2D eigenvalue weighted by atomic mass is 10.00. The smallest absolute Gasteiger partial charge is 0.255 e. The second-order valence-corrected chi connectivity index (χ2v) is 10.7. The fraction of sp³-hybridized carbons (Fsp3) is 0.414. The van der Waals surface area contributed by atoms with E-state index in [9.17, 15) is 9.59 Å². The number of aromatic nitrogens is 1. The summed E-state index contributed by atoms with van der Waals surface area (Å²) >= 11 is 1.66. The number of carbonyl (C=O) groups is 2. The molecule has 36 heavy (non-hydrogen) atoms. The highest BCUT2D eigenvalue weighted by Crippen LogP contribution is 2.29. The summed E-state index contributed by atoms with van der Waals surface area (Å²) < 4.78 is 0. The lowest BCUT2D eigenvalue weighted by molar-refractivity contribution is -0.145. The summed E-state index contributed by atoms with van der Waals surface area (Å²) in [5.41, 5.74) is 6.73. The van der Waals surface area contributed by atoms with Crippen LogP contribution in [-0.4, -0.2) is 58.3 Å². The van der Waals surface area contributed by atoms with Crippen molar-refractivity contribution in [3.63, 3.8) is 0 Å². The molecule has 1 aromatic carbocycles. The molecular weight excluding hydrogens is 468 g/mol. The van der Waals surface area contributed by atoms with E-state index in [1.165, 1.54) is 16.0 Å². The second kappa shape index (κ2) is 11.4. The Hall–Kier alpha value is -3.03. The van der Waals surface area contributed by atoms with E-state index < -0.39 is 6.04 Å². The van der Waals surface area contributed by atoms with Crippen LogP contribution in [0.2, 0.25) is 0 Å². The van der Waals surface area contributed by atoms with E-state index in [0.717, 1.165) is 43.7 Å². The molecule has 2 atom stereocenters. The van der Waals surface area contributed by atoms with Crippen molar-refractivity contribution in [1.29, 1.82) is 0 Å². The number of aryl methyl sites for hydroxylation is 1. The number of likely N-dealkylation sites (tertiary alicyclic amines) is 1. The SMILES string of the molecule is C=CC1=C(C=C)C(=O)N(C(C(=O)N2CCCC2CNCc2ccc(-c3scnc3C)cc2)C(C)C)C1. The Morgan fingerprint density at radius 1 is 1.25 bits per heavy atom. The highest BCUT2D eigenvalue weighted by molar-refractivity contribution is 7.13. The molecule has 4 rings (SSSR count). The fourth-order valence-electron chi connectivity index (χ4n) is 5.27. The summed E-state index contributed by atoms with van der Waals surface area (Å²) in [6.07, 6.45) is 5.22. The first-order valence-electron chi connectivity index (χ1n) is 12.6. The van der Waals surface area contributed by atoms with Gasteiger partial charge in [-0.15, -0.1) is 11.3 Å². The zero-order chi connectivity index (χ0) is 25.8. The summed E-state index contributed by atoms with van der Waals surface area (Å²) in [4.78, 5) is 36.1. The van der Waals surface area contributed by atoms with Gasteiger partial charge in [0.05, 0.1) is 16.1 Å². The van der Waals surface area contributed by atoms with E-state index in [0.29, 0.717) is 12.1 Å². The predicted octanol–water partition coefficient (Wildman–Crippen LogP) is 4.73. The van der Waals surface area contributed by atoms with E-state index >= 15 is 0 Å². The zero-order valence-corrected chi connectivity index (χ0v) is 22.3. The summed E-state index contributed by atoms with van der Waals surface area (Å²) in [5, 5.41) is 3.55. The normalized spacial score (nSPS) is 18.9. The standard InChI is InChI=1S/C29H36N4O2S/c1-6-22-17-33(28(34)25(22)7-2)26(19(3)4)29(35)32-14-8-9-24(32)16-30-15-21-10-12-23(13-11-21)27-20(5)31-18-36-27/h6-7,10-13,18-19,24,26,30H,1-2,8-9,14-17H2,3-5H3. The molecule has 1 saturated heterocycles. The average Bonchev–Trinajstić information content (AvgIpc) is 3.58. The minimum absolute atomic E-state index is 0.00610. The molecule has 2 amide bonds. The molecule has 0 saturated carbocycles. The van der Waals surface area contributed by atoms with Crippen molar-refractivity contribution in [1.82, 2.24) is 20.1 Å². The van der Waals surface area contributed by atoms with Gasteiger partial charge in [0.1, 0.15) is 6.04 Å². The van der Waals surface area contributed by atoms with Gasteiger partial charge in [0, 0.05) is 37.8 Å². The van der Waals surface area contributed by atoms with Crippen molar-refractivity contribution < 1.29 is 9.59 Å². The summed E-state index contributed by atoms with van der Waals surface area (Å²) in [5.74, 6) is -0.0787. The van der Waals surface area contributed by atoms with Gasteiger partial charge in [-0.1, -0.05) is 63.4 Å². The number of hydrogen-bond acceptors (Lipinski definition) is 5. The maximum atomic E-state index is 13.8. The molecule has 2 aromatic rings. The van der Waals surface area contributed by atoms with Crippen molar-refractivity contribution in [3.8, 4) is 10.4 Å². The largest absolute Gasteiger partial charge is 0.337 e. The number of carbonyl (C=O) groups excluding carboxylic acids is 2. The van der Waals surface area contributed by atoms with Gasteiger partial charge in [-0.2, -0.15) is 0 Å². The van der Waals surface area contributed by atoms with E-state index in [1.54, 1.807) is 28.4 Å². The zero-order valence-electron chi connectivity index (χ0n) is 21.5. The van der Waals surface area contributed by atoms with E-state index in [4.69, 9.17) is 0 Å². The Morgan fingerprint density at radius 2 is 2.00 bits per heavy atom. The molecule has 6 nitrogen and oxygen atoms in total. The van der Waals surface area contributed by atoms with Crippen molar-refractivity contribution in [2.24, 2.45) is 5.92 Å². The van der Waals surface area contributed by atoms with E-state index in [1.807, 2.05) is 31.2 Å². The molecule has 0 aliphatic carbocycles. The lowest BCUT2D eigenvalue weighted by Crippen LogP contribution is -2.54. The summed E-state index contributed by atoms with van der Waals surface area (Å²) in [6, 6.07) is 8.22. The molecule has 190 valence electrons. The van der Waals surface area contributed by atoms with Crippen LogP contribution in [0.5, 0.6) is 0 Å². The Labute approximate surface area is 218 Å². The number of amides is 2. The minimum Gasteiger partial charge on any atom is -0.337 e. The molecule has 1 N–H and O–H groups in total. The number of rotatable bonds is 10. The third-order valence-electron chi connectivity index (χ3n) is 7.18. The fourth-order valence-corrected chi connectivity index (χ4v) is 6.08. The Morgan fingerprint density at radius 3 is 2.58 bits per heavy atom. The quantitative estimate of drug-likeness (QED) is 0.508. The van der Waals surface area contributed by atoms with Crippen LogP contribution < -0.4 is 5.32 Å². The number of hydrogen-bond donors (Lipinski definition) is 1. The monoisotopic (exact) mass is 504 g/mol. The van der Waals surface area contributed by atoms with Gasteiger partial charge < -0.3 is 15.1 Å². The van der Waals surface area contributed by atoms with E-state index in [-0.39, 0.29) is 23.8 Å². The van der Waals surface area contributed by atoms with Crippen molar-refractivity contribution in [2.45, 2.75) is 52.2 Å². The number of nitrogens with zero attached hydrogens (tertiary/aromatic N) is 3. The first kappa shape index (κ1) is 26.0. The summed E-state index contributed by atoms with van der Waals surface area (Å²) in [7, 11) is 0. The lowest BCUT2D eigenvalue weighted by Gasteiger charge is -2.36. The Bertz CT molecular complexity index is 1160. The Kier molecular flexibility index (Phi) is 8.21. The predicted molar refractivity (Wildman–Crippen MR) is 146 cm³/mol. The van der Waals surface area contributed by atoms with Crippen LogP contribution in [0.3, 0.4) is 0 Å². The third kappa shape index (κ3) is 5.22. The average molecular weight is 505 g/mol. The van der Waals surface area contributed by atoms with Crippen LogP contribution in [0.4, 0.5) is 0 Å². The molecule has 3 heterocycles. The molecule has 0 spiro atoms. The van der Waals surface area contributed by atoms with Gasteiger partial charge in [0.2, 0.25) is 5.91 Å². The van der Waals surface area contributed by atoms with Gasteiger partial charge in [0.15, 0.2) is 0 Å². The molecular formula is C29H36N4O2S. The molecule has 0 radical (unpaired) electrons. The molecule has 2 aliphatic heterocycles.